The van der Waals surface area contributed by atoms with Gasteiger partial charge in [-0.1, -0.05) is 30.3 Å². The van der Waals surface area contributed by atoms with Crippen LogP contribution in [0.1, 0.15) is 24.2 Å². The van der Waals surface area contributed by atoms with Crippen molar-refractivity contribution in [2.24, 2.45) is 7.05 Å². The van der Waals surface area contributed by atoms with Gasteiger partial charge in [0.1, 0.15) is 18.5 Å². The number of quaternary nitrogens is 1. The molecule has 1 unspecified atom stereocenters. The summed E-state index contributed by atoms with van der Waals surface area (Å²) in [5.41, 5.74) is 1.23. The molecule has 0 radical (unpaired) electrons. The molecule has 118 valence electrons. The first-order valence-corrected chi connectivity index (χ1v) is 8.22. The lowest BCUT2D eigenvalue weighted by molar-refractivity contribution is -0.931. The van der Waals surface area contributed by atoms with Gasteiger partial charge in [0.2, 0.25) is 4.77 Å². The Bertz CT molecular complexity index is 679. The van der Waals surface area contributed by atoms with Crippen molar-refractivity contribution in [1.29, 1.82) is 0 Å². The number of hydrogen-bond donors (Lipinski definition) is 2. The summed E-state index contributed by atoms with van der Waals surface area (Å²) in [4.78, 5) is 1.35. The molecule has 2 aromatic rings. The third kappa shape index (κ3) is 3.45. The molecule has 0 bridgehead atoms. The predicted octanol–water partition coefficient (Wildman–Crippen LogP) is 0.539. The quantitative estimate of drug-likeness (QED) is 0.809. The summed E-state index contributed by atoms with van der Waals surface area (Å²) in [7, 11) is 1.98. The maximum Gasteiger partial charge on any atom is 0.202 e. The molecule has 1 aliphatic rings. The van der Waals surface area contributed by atoms with Crippen LogP contribution in [0.2, 0.25) is 0 Å². The number of rotatable bonds is 4. The molecule has 0 amide bonds. The van der Waals surface area contributed by atoms with Crippen LogP contribution in [0.5, 0.6) is 0 Å². The second kappa shape index (κ2) is 6.73. The lowest BCUT2D eigenvalue weighted by Crippen LogP contribution is -3.13. The van der Waals surface area contributed by atoms with Gasteiger partial charge in [-0.3, -0.25) is 0 Å². The highest BCUT2D eigenvalue weighted by atomic mass is 32.1. The Labute approximate surface area is 135 Å². The van der Waals surface area contributed by atoms with Gasteiger partial charge in [0.05, 0.1) is 6.54 Å². The fourth-order valence-electron chi connectivity index (χ4n) is 3.05. The van der Waals surface area contributed by atoms with E-state index in [9.17, 15) is 5.11 Å². The molecular weight excluding hydrogens is 296 g/mol. The van der Waals surface area contributed by atoms with E-state index >= 15 is 0 Å². The molecular formula is C16H23N4OS+. The highest BCUT2D eigenvalue weighted by Gasteiger charge is 2.22. The lowest BCUT2D eigenvalue weighted by Gasteiger charge is -2.26. The maximum absolute atomic E-state index is 9.80. The van der Waals surface area contributed by atoms with E-state index in [1.54, 1.807) is 0 Å². The van der Waals surface area contributed by atoms with Gasteiger partial charge < -0.3 is 14.6 Å². The second-order valence-electron chi connectivity index (χ2n) is 6.08. The third-order valence-corrected chi connectivity index (χ3v) is 4.79. The minimum Gasteiger partial charge on any atom is -0.387 e. The first kappa shape index (κ1) is 15.4. The molecule has 1 aliphatic heterocycles. The number of nitrogens with zero attached hydrogens (tertiary/aromatic N) is 3. The molecule has 1 saturated heterocycles. The van der Waals surface area contributed by atoms with Crippen molar-refractivity contribution >= 4 is 12.2 Å². The Morgan fingerprint density at radius 3 is 2.86 bits per heavy atom. The van der Waals surface area contributed by atoms with Gasteiger partial charge in [0.15, 0.2) is 6.67 Å². The van der Waals surface area contributed by atoms with E-state index in [0.717, 1.165) is 49.6 Å². The number of aliphatic hydroxyl groups excluding tert-OH is 1. The number of hydrogen-bond acceptors (Lipinski definition) is 3. The smallest absolute Gasteiger partial charge is 0.202 e. The molecule has 3 rings (SSSR count). The standard InChI is InChI=1S/C16H22N4OS/c1-18-15(10-13-6-3-2-4-7-13)17-20(16(18)22)12-19-9-5-8-14(21)11-19/h2-4,6-7,14,21H,5,8-12H2,1H3/p+1/t14-/m0/s1. The molecule has 1 aromatic heterocycles. The van der Waals surface area contributed by atoms with Gasteiger partial charge in [-0.05, 0) is 30.6 Å². The SMILES string of the molecule is Cn1c(Cc2ccccc2)nn(C[NH+]2CCC[C@H](O)C2)c1=S. The Balaban J connectivity index is 1.76. The third-order valence-electron chi connectivity index (χ3n) is 4.30. The van der Waals surface area contributed by atoms with E-state index < -0.39 is 0 Å². The van der Waals surface area contributed by atoms with Gasteiger partial charge in [0, 0.05) is 13.5 Å². The van der Waals surface area contributed by atoms with Crippen molar-refractivity contribution in [3.05, 3.63) is 46.5 Å². The van der Waals surface area contributed by atoms with Crippen LogP contribution >= 0.6 is 12.2 Å². The summed E-state index contributed by atoms with van der Waals surface area (Å²) >= 11 is 5.52. The van der Waals surface area contributed by atoms with E-state index in [1.807, 2.05) is 34.5 Å². The van der Waals surface area contributed by atoms with Crippen molar-refractivity contribution in [3.8, 4) is 0 Å². The Hall–Kier alpha value is -1.50. The van der Waals surface area contributed by atoms with Gasteiger partial charge in [-0.15, -0.1) is 0 Å². The summed E-state index contributed by atoms with van der Waals surface area (Å²) < 4.78 is 4.64. The molecule has 22 heavy (non-hydrogen) atoms. The molecule has 0 spiro atoms. The largest absolute Gasteiger partial charge is 0.387 e. The first-order chi connectivity index (χ1) is 10.6. The van der Waals surface area contributed by atoms with Gasteiger partial charge in [0.25, 0.3) is 0 Å². The molecule has 2 atom stereocenters. The maximum atomic E-state index is 9.80. The van der Waals surface area contributed by atoms with Crippen molar-refractivity contribution in [2.75, 3.05) is 13.1 Å². The van der Waals surface area contributed by atoms with E-state index in [4.69, 9.17) is 17.3 Å². The van der Waals surface area contributed by atoms with Gasteiger partial charge in [-0.25, -0.2) is 0 Å². The molecule has 0 aliphatic carbocycles. The molecule has 2 N–H and O–H groups in total. The molecule has 6 heteroatoms. The zero-order valence-corrected chi connectivity index (χ0v) is 13.7. The predicted molar refractivity (Wildman–Crippen MR) is 87.2 cm³/mol. The van der Waals surface area contributed by atoms with Crippen LogP contribution in [-0.4, -0.2) is 38.6 Å². The van der Waals surface area contributed by atoms with Crippen LogP contribution in [0.3, 0.4) is 0 Å². The number of likely N-dealkylation sites (tertiary alicyclic amines) is 1. The van der Waals surface area contributed by atoms with Gasteiger partial charge in [-0.2, -0.15) is 9.78 Å². The normalized spacial score (nSPS) is 21.9. The number of aromatic nitrogens is 3. The first-order valence-electron chi connectivity index (χ1n) is 7.82. The van der Waals surface area contributed by atoms with Crippen molar-refractivity contribution < 1.29 is 10.0 Å². The summed E-state index contributed by atoms with van der Waals surface area (Å²) in [5.74, 6) is 0.980. The topological polar surface area (TPSA) is 47.4 Å². The average Bonchev–Trinajstić information content (AvgIpc) is 2.77. The zero-order chi connectivity index (χ0) is 15.5. The van der Waals surface area contributed by atoms with Crippen LogP contribution in [0.15, 0.2) is 30.3 Å². The average molecular weight is 319 g/mol. The van der Waals surface area contributed by atoms with Crippen LogP contribution in [0, 0.1) is 4.77 Å². The van der Waals surface area contributed by atoms with E-state index in [-0.39, 0.29) is 6.10 Å². The second-order valence-corrected chi connectivity index (χ2v) is 6.44. The number of piperidine rings is 1. The van der Waals surface area contributed by atoms with E-state index in [2.05, 4.69) is 12.1 Å². The van der Waals surface area contributed by atoms with Crippen molar-refractivity contribution in [1.82, 2.24) is 14.3 Å². The summed E-state index contributed by atoms with van der Waals surface area (Å²) in [6, 6.07) is 10.3. The Kier molecular flexibility index (Phi) is 4.71. The van der Waals surface area contributed by atoms with Crippen molar-refractivity contribution in [3.63, 3.8) is 0 Å². The minimum absolute atomic E-state index is 0.189. The Morgan fingerprint density at radius 1 is 1.36 bits per heavy atom. The Morgan fingerprint density at radius 2 is 2.14 bits per heavy atom. The highest BCUT2D eigenvalue weighted by Crippen LogP contribution is 2.07. The molecule has 5 nitrogen and oxygen atoms in total. The number of aliphatic hydroxyl groups is 1. The van der Waals surface area contributed by atoms with Crippen LogP contribution in [0.25, 0.3) is 0 Å². The highest BCUT2D eigenvalue weighted by molar-refractivity contribution is 7.71. The molecule has 0 saturated carbocycles. The van der Waals surface area contributed by atoms with Gasteiger partial charge >= 0.3 is 0 Å². The number of nitrogens with one attached hydrogen (secondary N) is 1. The summed E-state index contributed by atoms with van der Waals surface area (Å²) in [5, 5.41) is 14.5. The van der Waals surface area contributed by atoms with E-state index in [1.165, 1.54) is 10.5 Å². The monoisotopic (exact) mass is 319 g/mol. The summed E-state index contributed by atoms with van der Waals surface area (Å²) in [6.07, 6.45) is 2.57. The minimum atomic E-state index is -0.189. The fourth-order valence-corrected chi connectivity index (χ4v) is 3.26. The molecule has 1 fully saturated rings. The molecule has 2 heterocycles. The van der Waals surface area contributed by atoms with Crippen molar-refractivity contribution in [2.45, 2.75) is 32.0 Å². The zero-order valence-electron chi connectivity index (χ0n) is 12.9. The van der Waals surface area contributed by atoms with E-state index in [0.29, 0.717) is 0 Å². The number of benzene rings is 1. The molecule has 1 aromatic carbocycles. The summed E-state index contributed by atoms with van der Waals surface area (Å²) in [6.45, 7) is 2.59. The van der Waals surface area contributed by atoms with Crippen LogP contribution in [-0.2, 0) is 20.1 Å². The lowest BCUT2D eigenvalue weighted by atomic mass is 10.1. The van der Waals surface area contributed by atoms with Crippen LogP contribution < -0.4 is 4.90 Å². The fraction of sp³-hybridized carbons (Fsp3) is 0.500. The van der Waals surface area contributed by atoms with Crippen LogP contribution in [0.4, 0.5) is 0 Å².